The smallest absolute Gasteiger partial charge is 0.490 e. The number of hydrogen-bond donors (Lipinski definition) is 2. The molecule has 2 aliphatic heterocycles. The number of amides is 2. The molecule has 15 heteroatoms. The number of halogens is 4. The summed E-state index contributed by atoms with van der Waals surface area (Å²) in [6.07, 6.45) is -2.99. The summed E-state index contributed by atoms with van der Waals surface area (Å²) in [6, 6.07) is 4.82. The molecule has 2 aromatic rings. The number of nitrogens with zero attached hydrogens (tertiary/aromatic N) is 5. The molecular formula is C27H36F4N6O5. The molecule has 1 aromatic heterocycles. The van der Waals surface area contributed by atoms with Crippen LogP contribution in [-0.4, -0.2) is 96.0 Å². The summed E-state index contributed by atoms with van der Waals surface area (Å²) in [5.41, 5.74) is 1.78. The number of carbonyl (C=O) groups is 2. The van der Waals surface area contributed by atoms with Gasteiger partial charge in [-0.15, -0.1) is 0 Å². The Kier molecular flexibility index (Phi) is 10.6. The number of ether oxygens (including phenoxy) is 2. The van der Waals surface area contributed by atoms with Gasteiger partial charge in [-0.25, -0.2) is 23.9 Å². The molecule has 0 unspecified atom stereocenters. The topological polar surface area (TPSA) is 120 Å². The van der Waals surface area contributed by atoms with Crippen LogP contribution >= 0.6 is 0 Å². The van der Waals surface area contributed by atoms with Crippen LogP contribution in [0.25, 0.3) is 0 Å². The van der Waals surface area contributed by atoms with Crippen LogP contribution in [0, 0.1) is 5.82 Å². The first-order valence-corrected chi connectivity index (χ1v) is 13.4. The predicted octanol–water partition coefficient (Wildman–Crippen LogP) is 4.17. The van der Waals surface area contributed by atoms with E-state index >= 15 is 0 Å². The molecule has 0 aliphatic carbocycles. The number of alkyl halides is 3. The molecule has 2 amide bonds. The molecule has 42 heavy (non-hydrogen) atoms. The van der Waals surface area contributed by atoms with Gasteiger partial charge >= 0.3 is 18.2 Å². The third kappa shape index (κ3) is 8.49. The number of benzene rings is 1. The Bertz CT molecular complexity index is 1250. The predicted molar refractivity (Wildman–Crippen MR) is 146 cm³/mol. The maximum atomic E-state index is 14.3. The summed E-state index contributed by atoms with van der Waals surface area (Å²) >= 11 is 0. The van der Waals surface area contributed by atoms with E-state index in [1.807, 2.05) is 0 Å². The highest BCUT2D eigenvalue weighted by Gasteiger charge is 2.38. The Morgan fingerprint density at radius 3 is 2.29 bits per heavy atom. The van der Waals surface area contributed by atoms with Gasteiger partial charge in [-0.05, 0) is 26.0 Å². The van der Waals surface area contributed by atoms with Crippen molar-refractivity contribution in [1.29, 1.82) is 0 Å². The molecule has 0 spiro atoms. The standard InChI is InChI=1S/C25H35FN6O3.C2HF3O2/c1-16(2)27-23-24(29-20-10-13-32(15-21(20)28-23)25(33)30(3)4)31-11-8-17(9-12-31)35-22-7-6-18(34-5)14-19(22)26;3-2(4,5)1(6)7/h6-7,14,16-17H,8-13,15H2,1-5H3,(H,27,28);(H,6,7). The van der Waals surface area contributed by atoms with Crippen LogP contribution < -0.4 is 19.7 Å². The van der Waals surface area contributed by atoms with E-state index in [2.05, 4.69) is 24.1 Å². The van der Waals surface area contributed by atoms with Gasteiger partial charge < -0.3 is 34.6 Å². The number of anilines is 2. The second kappa shape index (κ2) is 13.7. The number of nitrogens with one attached hydrogen (secondary N) is 1. The van der Waals surface area contributed by atoms with E-state index in [0.717, 1.165) is 49.0 Å². The summed E-state index contributed by atoms with van der Waals surface area (Å²) in [5.74, 6) is -0.894. The average Bonchev–Trinajstić information content (AvgIpc) is 2.93. The van der Waals surface area contributed by atoms with Crippen molar-refractivity contribution in [2.45, 2.75) is 58.0 Å². The molecule has 232 valence electrons. The summed E-state index contributed by atoms with van der Waals surface area (Å²) < 4.78 is 57.1. The van der Waals surface area contributed by atoms with E-state index in [0.29, 0.717) is 25.3 Å². The molecule has 0 atom stereocenters. The van der Waals surface area contributed by atoms with Gasteiger partial charge in [-0.2, -0.15) is 13.2 Å². The number of rotatable bonds is 6. The van der Waals surface area contributed by atoms with Crippen molar-refractivity contribution in [3.63, 3.8) is 0 Å². The van der Waals surface area contributed by atoms with Gasteiger partial charge in [0, 0.05) is 65.1 Å². The van der Waals surface area contributed by atoms with Crippen LogP contribution in [0.4, 0.5) is 34.0 Å². The number of piperidine rings is 1. The van der Waals surface area contributed by atoms with Crippen molar-refractivity contribution < 1.29 is 41.7 Å². The zero-order valence-corrected chi connectivity index (χ0v) is 24.2. The minimum atomic E-state index is -5.08. The number of fused-ring (bicyclic) bond motifs is 1. The van der Waals surface area contributed by atoms with Gasteiger partial charge in [0.05, 0.1) is 25.0 Å². The van der Waals surface area contributed by atoms with E-state index in [-0.39, 0.29) is 23.9 Å². The summed E-state index contributed by atoms with van der Waals surface area (Å²) in [4.78, 5) is 36.9. The lowest BCUT2D eigenvalue weighted by molar-refractivity contribution is -0.192. The van der Waals surface area contributed by atoms with Crippen molar-refractivity contribution in [2.75, 3.05) is 51.1 Å². The zero-order chi connectivity index (χ0) is 31.2. The molecule has 1 saturated heterocycles. The Hall–Kier alpha value is -4.04. The number of aromatic nitrogens is 2. The van der Waals surface area contributed by atoms with Crippen molar-refractivity contribution in [1.82, 2.24) is 19.8 Å². The van der Waals surface area contributed by atoms with Crippen molar-refractivity contribution in [2.24, 2.45) is 0 Å². The maximum Gasteiger partial charge on any atom is 0.490 e. The molecule has 3 heterocycles. The van der Waals surface area contributed by atoms with Gasteiger partial charge in [-0.1, -0.05) is 0 Å². The minimum absolute atomic E-state index is 0.0183. The first-order chi connectivity index (χ1) is 19.7. The quantitative estimate of drug-likeness (QED) is 0.471. The fourth-order valence-electron chi connectivity index (χ4n) is 4.43. The number of carboxylic acid groups (broad SMARTS) is 1. The molecule has 0 bridgehead atoms. The monoisotopic (exact) mass is 600 g/mol. The summed E-state index contributed by atoms with van der Waals surface area (Å²) in [7, 11) is 5.03. The number of aliphatic carboxylic acids is 1. The van der Waals surface area contributed by atoms with Crippen LogP contribution in [0.5, 0.6) is 11.5 Å². The molecule has 1 aromatic carbocycles. The van der Waals surface area contributed by atoms with Crippen LogP contribution in [-0.2, 0) is 17.8 Å². The Balaban J connectivity index is 0.000000616. The normalized spacial score (nSPS) is 15.4. The fourth-order valence-corrected chi connectivity index (χ4v) is 4.43. The summed E-state index contributed by atoms with van der Waals surface area (Å²) in [6.45, 7) is 6.67. The van der Waals surface area contributed by atoms with Gasteiger partial charge in [0.1, 0.15) is 11.9 Å². The molecule has 0 saturated carbocycles. The molecule has 2 N–H and O–H groups in total. The van der Waals surface area contributed by atoms with E-state index in [1.54, 1.807) is 36.0 Å². The SMILES string of the molecule is COc1ccc(OC2CCN(c3nc4c(nc3NC(C)C)CN(C(=O)N(C)C)CC4)CC2)c(F)c1.O=C(O)C(F)(F)F. The van der Waals surface area contributed by atoms with E-state index in [4.69, 9.17) is 29.3 Å². The van der Waals surface area contributed by atoms with Crippen LogP contribution in [0.1, 0.15) is 38.1 Å². The molecule has 4 rings (SSSR count). The van der Waals surface area contributed by atoms with Gasteiger partial charge in [0.15, 0.2) is 23.2 Å². The van der Waals surface area contributed by atoms with E-state index in [9.17, 15) is 22.4 Å². The number of carboxylic acids is 1. The maximum absolute atomic E-state index is 14.3. The third-order valence-electron chi connectivity index (χ3n) is 6.49. The molecule has 1 fully saturated rings. The molecule has 0 radical (unpaired) electrons. The average molecular weight is 601 g/mol. The first kappa shape index (κ1) is 32.5. The minimum Gasteiger partial charge on any atom is -0.497 e. The highest BCUT2D eigenvalue weighted by molar-refractivity contribution is 5.74. The highest BCUT2D eigenvalue weighted by Crippen LogP contribution is 2.31. The number of methoxy groups -OCH3 is 1. The largest absolute Gasteiger partial charge is 0.497 e. The van der Waals surface area contributed by atoms with Crippen molar-refractivity contribution in [3.05, 3.63) is 35.4 Å². The van der Waals surface area contributed by atoms with E-state index in [1.165, 1.54) is 13.2 Å². The van der Waals surface area contributed by atoms with Crippen molar-refractivity contribution in [3.8, 4) is 11.5 Å². The van der Waals surface area contributed by atoms with Crippen LogP contribution in [0.2, 0.25) is 0 Å². The van der Waals surface area contributed by atoms with Crippen LogP contribution in [0.3, 0.4) is 0 Å². The number of carbonyl (C=O) groups excluding carboxylic acids is 1. The lowest BCUT2D eigenvalue weighted by Crippen LogP contribution is -2.43. The van der Waals surface area contributed by atoms with Crippen molar-refractivity contribution >= 4 is 23.6 Å². The first-order valence-electron chi connectivity index (χ1n) is 13.4. The molecule has 2 aliphatic rings. The third-order valence-corrected chi connectivity index (χ3v) is 6.49. The molecule has 11 nitrogen and oxygen atoms in total. The lowest BCUT2D eigenvalue weighted by atomic mass is 10.1. The molecular weight excluding hydrogens is 564 g/mol. The summed E-state index contributed by atoms with van der Waals surface area (Å²) in [5, 5.41) is 10.6. The Morgan fingerprint density at radius 2 is 1.76 bits per heavy atom. The zero-order valence-electron chi connectivity index (χ0n) is 24.2. The van der Waals surface area contributed by atoms with Gasteiger partial charge in [-0.3, -0.25) is 0 Å². The second-order valence-corrected chi connectivity index (χ2v) is 10.3. The van der Waals surface area contributed by atoms with Gasteiger partial charge in [0.25, 0.3) is 0 Å². The highest BCUT2D eigenvalue weighted by atomic mass is 19.4. The van der Waals surface area contributed by atoms with E-state index < -0.39 is 18.0 Å². The Morgan fingerprint density at radius 1 is 1.12 bits per heavy atom. The number of urea groups is 1. The number of hydrogen-bond acceptors (Lipinski definition) is 8. The second-order valence-electron chi connectivity index (χ2n) is 10.3. The lowest BCUT2D eigenvalue weighted by Gasteiger charge is -2.35. The fraction of sp³-hybridized carbons (Fsp3) is 0.556. The van der Waals surface area contributed by atoms with Crippen LogP contribution in [0.15, 0.2) is 18.2 Å². The Labute approximate surface area is 241 Å². The van der Waals surface area contributed by atoms with Gasteiger partial charge in [0.2, 0.25) is 0 Å².